The zero-order valence-electron chi connectivity index (χ0n) is 5.42. The maximum absolute atomic E-state index is 10.5. The van der Waals surface area contributed by atoms with Gasteiger partial charge in [0.05, 0.1) is 0 Å². The maximum atomic E-state index is 10.5. The number of nitrogens with two attached hydrogens (primary N) is 1. The molecule has 6 heteroatoms. The van der Waals surface area contributed by atoms with Crippen molar-refractivity contribution < 1.29 is 14.7 Å². The highest BCUT2D eigenvalue weighted by Gasteiger charge is 2.12. The maximum Gasteiger partial charge on any atom is 0.405 e. The first-order chi connectivity index (χ1) is 4.57. The summed E-state index contributed by atoms with van der Waals surface area (Å²) in [7, 11) is 0. The quantitative estimate of drug-likeness (QED) is 0.220. The van der Waals surface area contributed by atoms with Gasteiger partial charge in [-0.15, -0.1) is 0 Å². The number of carbonyl (C=O) groups excluding carboxylic acids is 1. The van der Waals surface area contributed by atoms with Crippen LogP contribution < -0.4 is 16.6 Å². The molecule has 0 spiro atoms. The second kappa shape index (κ2) is 3.67. The van der Waals surface area contributed by atoms with Crippen molar-refractivity contribution in [1.29, 1.82) is 0 Å². The summed E-state index contributed by atoms with van der Waals surface area (Å²) in [6.45, 7) is 1.39. The van der Waals surface area contributed by atoms with Gasteiger partial charge in [-0.3, -0.25) is 10.2 Å². The van der Waals surface area contributed by atoms with E-state index in [0.717, 1.165) is 0 Å². The van der Waals surface area contributed by atoms with Crippen LogP contribution in [-0.4, -0.2) is 23.1 Å². The van der Waals surface area contributed by atoms with Crippen molar-refractivity contribution in [3.8, 4) is 0 Å². The average molecular weight is 147 g/mol. The lowest BCUT2D eigenvalue weighted by atomic mass is 10.3. The van der Waals surface area contributed by atoms with Crippen LogP contribution >= 0.6 is 0 Å². The summed E-state index contributed by atoms with van der Waals surface area (Å²) < 4.78 is 0. The van der Waals surface area contributed by atoms with Gasteiger partial charge < -0.3 is 10.4 Å². The number of hydrogen-bond donors (Lipinski definition) is 4. The SMILES string of the molecule is CC(NC(=O)O)C(=O)NN. The van der Waals surface area contributed by atoms with Crippen LogP contribution in [0.5, 0.6) is 0 Å². The molecule has 0 fully saturated rings. The van der Waals surface area contributed by atoms with E-state index >= 15 is 0 Å². The third kappa shape index (κ3) is 2.88. The van der Waals surface area contributed by atoms with Gasteiger partial charge in [0.25, 0.3) is 5.91 Å². The van der Waals surface area contributed by atoms with Crippen molar-refractivity contribution >= 4 is 12.0 Å². The fourth-order valence-electron chi connectivity index (χ4n) is 0.376. The van der Waals surface area contributed by atoms with Crippen molar-refractivity contribution in [2.45, 2.75) is 13.0 Å². The van der Waals surface area contributed by atoms with Gasteiger partial charge in [0.1, 0.15) is 6.04 Å². The first-order valence-electron chi connectivity index (χ1n) is 2.58. The van der Waals surface area contributed by atoms with Gasteiger partial charge in [-0.05, 0) is 6.92 Å². The van der Waals surface area contributed by atoms with Gasteiger partial charge in [0.2, 0.25) is 0 Å². The second-order valence-electron chi connectivity index (χ2n) is 1.68. The lowest BCUT2D eigenvalue weighted by molar-refractivity contribution is -0.122. The minimum Gasteiger partial charge on any atom is -0.465 e. The van der Waals surface area contributed by atoms with E-state index in [9.17, 15) is 9.59 Å². The molecule has 2 amide bonds. The van der Waals surface area contributed by atoms with Gasteiger partial charge in [0.15, 0.2) is 0 Å². The number of carboxylic acid groups (broad SMARTS) is 1. The summed E-state index contributed by atoms with van der Waals surface area (Å²) in [6, 6.07) is -0.817. The first kappa shape index (κ1) is 8.70. The summed E-state index contributed by atoms with van der Waals surface area (Å²) in [5.74, 6) is 4.15. The van der Waals surface area contributed by atoms with Crippen LogP contribution in [0.3, 0.4) is 0 Å². The van der Waals surface area contributed by atoms with Gasteiger partial charge in [-0.25, -0.2) is 10.6 Å². The smallest absolute Gasteiger partial charge is 0.405 e. The van der Waals surface area contributed by atoms with Crippen molar-refractivity contribution in [2.24, 2.45) is 5.84 Å². The Bertz CT molecular complexity index is 147. The number of hydrogen-bond acceptors (Lipinski definition) is 3. The Morgan fingerprint density at radius 2 is 2.10 bits per heavy atom. The molecule has 0 aliphatic carbocycles. The number of amides is 2. The molecule has 0 aliphatic heterocycles. The number of nitrogens with one attached hydrogen (secondary N) is 2. The van der Waals surface area contributed by atoms with E-state index in [-0.39, 0.29) is 0 Å². The predicted molar refractivity (Wildman–Crippen MR) is 33.0 cm³/mol. The van der Waals surface area contributed by atoms with E-state index in [4.69, 9.17) is 10.9 Å². The number of carbonyl (C=O) groups is 2. The normalized spacial score (nSPS) is 11.8. The Morgan fingerprint density at radius 3 is 2.40 bits per heavy atom. The molecule has 0 rings (SSSR count). The lowest BCUT2D eigenvalue weighted by Gasteiger charge is -2.07. The molecule has 58 valence electrons. The molecule has 6 nitrogen and oxygen atoms in total. The summed E-state index contributed by atoms with van der Waals surface area (Å²) in [5.41, 5.74) is 1.81. The molecule has 10 heavy (non-hydrogen) atoms. The molecule has 0 saturated heterocycles. The average Bonchev–Trinajstić information content (AvgIpc) is 1.85. The topological polar surface area (TPSA) is 104 Å². The van der Waals surface area contributed by atoms with Crippen LogP contribution in [0.2, 0.25) is 0 Å². The van der Waals surface area contributed by atoms with E-state index in [0.29, 0.717) is 0 Å². The fraction of sp³-hybridized carbons (Fsp3) is 0.500. The van der Waals surface area contributed by atoms with Crippen molar-refractivity contribution in [3.05, 3.63) is 0 Å². The van der Waals surface area contributed by atoms with Crippen LogP contribution in [0.1, 0.15) is 6.92 Å². The zero-order valence-corrected chi connectivity index (χ0v) is 5.42. The van der Waals surface area contributed by atoms with Crippen molar-refractivity contribution in [2.75, 3.05) is 0 Å². The predicted octanol–water partition coefficient (Wildman–Crippen LogP) is -1.37. The number of hydrazine groups is 1. The van der Waals surface area contributed by atoms with E-state index in [2.05, 4.69) is 0 Å². The summed E-state index contributed by atoms with van der Waals surface area (Å²) in [4.78, 5) is 20.4. The zero-order chi connectivity index (χ0) is 8.15. The van der Waals surface area contributed by atoms with Crippen LogP contribution in [0.15, 0.2) is 0 Å². The van der Waals surface area contributed by atoms with Crippen molar-refractivity contribution in [3.63, 3.8) is 0 Å². The largest absolute Gasteiger partial charge is 0.465 e. The molecule has 0 aromatic rings. The third-order valence-corrected chi connectivity index (χ3v) is 0.876. The van der Waals surface area contributed by atoms with Gasteiger partial charge in [-0.2, -0.15) is 0 Å². The highest BCUT2D eigenvalue weighted by molar-refractivity contribution is 5.84. The third-order valence-electron chi connectivity index (χ3n) is 0.876. The molecule has 1 atom stereocenters. The van der Waals surface area contributed by atoms with Gasteiger partial charge >= 0.3 is 6.09 Å². The molecular formula is C4H9N3O3. The summed E-state index contributed by atoms with van der Waals surface area (Å²) in [6.07, 6.45) is -1.25. The fourth-order valence-corrected chi connectivity index (χ4v) is 0.376. The van der Waals surface area contributed by atoms with Crippen LogP contribution in [-0.2, 0) is 4.79 Å². The highest BCUT2D eigenvalue weighted by Crippen LogP contribution is 1.78. The molecule has 0 aliphatic rings. The minimum atomic E-state index is -1.25. The molecular weight excluding hydrogens is 138 g/mol. The number of rotatable bonds is 2. The Balaban J connectivity index is 3.72. The standard InChI is InChI=1S/C4H9N3O3/c1-2(3(8)7-5)6-4(9)10/h2,6H,5H2,1H3,(H,7,8)(H,9,10). The monoisotopic (exact) mass is 147 g/mol. The van der Waals surface area contributed by atoms with E-state index < -0.39 is 18.0 Å². The molecule has 1 unspecified atom stereocenters. The Kier molecular flexibility index (Phi) is 3.20. The Labute approximate surface area is 57.4 Å². The molecule has 5 N–H and O–H groups in total. The molecule has 0 heterocycles. The molecule has 0 saturated carbocycles. The van der Waals surface area contributed by atoms with Crippen LogP contribution in [0.4, 0.5) is 4.79 Å². The Morgan fingerprint density at radius 1 is 1.60 bits per heavy atom. The molecule has 0 aromatic heterocycles. The molecule has 0 radical (unpaired) electrons. The summed E-state index contributed by atoms with van der Waals surface area (Å²) >= 11 is 0. The van der Waals surface area contributed by atoms with E-state index in [1.54, 1.807) is 5.43 Å². The first-order valence-corrected chi connectivity index (χ1v) is 2.58. The second-order valence-corrected chi connectivity index (χ2v) is 1.68. The Hall–Kier alpha value is -1.30. The molecule has 0 bridgehead atoms. The molecule has 0 aromatic carbocycles. The van der Waals surface area contributed by atoms with E-state index in [1.165, 1.54) is 6.92 Å². The summed E-state index contributed by atoms with van der Waals surface area (Å²) in [5, 5.41) is 10.0. The highest BCUT2D eigenvalue weighted by atomic mass is 16.4. The minimum absolute atomic E-state index is 0.567. The lowest BCUT2D eigenvalue weighted by Crippen LogP contribution is -2.46. The van der Waals surface area contributed by atoms with Crippen LogP contribution in [0.25, 0.3) is 0 Å². The van der Waals surface area contributed by atoms with E-state index in [1.807, 2.05) is 5.32 Å². The van der Waals surface area contributed by atoms with Gasteiger partial charge in [-0.1, -0.05) is 0 Å². The van der Waals surface area contributed by atoms with Gasteiger partial charge in [0, 0.05) is 0 Å². The van der Waals surface area contributed by atoms with Crippen LogP contribution in [0, 0.1) is 0 Å². The van der Waals surface area contributed by atoms with Crippen molar-refractivity contribution in [1.82, 2.24) is 10.7 Å².